The SMILES string of the molecule is CN1CCN(c2cccc(CCOc3ccc4c(c3)CC[C@H]4CC(=O)O)n2)CC1. The molecule has 1 saturated heterocycles. The van der Waals surface area contributed by atoms with E-state index in [1.165, 1.54) is 11.1 Å². The van der Waals surface area contributed by atoms with Crippen molar-refractivity contribution in [2.75, 3.05) is 44.7 Å². The molecule has 0 amide bonds. The molecule has 1 atom stereocenters. The first-order chi connectivity index (χ1) is 14.1. The van der Waals surface area contributed by atoms with Gasteiger partial charge < -0.3 is 19.6 Å². The minimum absolute atomic E-state index is 0.137. The second-order valence-corrected chi connectivity index (χ2v) is 8.07. The molecule has 0 unspecified atom stereocenters. The number of ether oxygens (including phenoxy) is 1. The molecule has 0 radical (unpaired) electrons. The highest BCUT2D eigenvalue weighted by Gasteiger charge is 2.24. The fourth-order valence-corrected chi connectivity index (χ4v) is 4.29. The van der Waals surface area contributed by atoms with E-state index >= 15 is 0 Å². The first kappa shape index (κ1) is 19.7. The zero-order valence-corrected chi connectivity index (χ0v) is 17.0. The van der Waals surface area contributed by atoms with E-state index in [1.54, 1.807) is 0 Å². The molecule has 1 fully saturated rings. The van der Waals surface area contributed by atoms with E-state index in [4.69, 9.17) is 14.8 Å². The van der Waals surface area contributed by atoms with Gasteiger partial charge in [0.2, 0.25) is 0 Å². The number of carbonyl (C=O) groups is 1. The normalized spacial score (nSPS) is 19.2. The van der Waals surface area contributed by atoms with Crippen molar-refractivity contribution in [3.8, 4) is 5.75 Å². The van der Waals surface area contributed by atoms with Crippen molar-refractivity contribution in [1.82, 2.24) is 9.88 Å². The number of nitrogens with zero attached hydrogens (tertiary/aromatic N) is 3. The monoisotopic (exact) mass is 395 g/mol. The zero-order chi connectivity index (χ0) is 20.2. The first-order valence-electron chi connectivity index (χ1n) is 10.5. The Bertz CT molecular complexity index is 862. The molecule has 6 heteroatoms. The zero-order valence-electron chi connectivity index (χ0n) is 17.0. The molecule has 154 valence electrons. The van der Waals surface area contributed by atoms with Crippen LogP contribution in [0.2, 0.25) is 0 Å². The van der Waals surface area contributed by atoms with E-state index in [9.17, 15) is 4.79 Å². The second-order valence-electron chi connectivity index (χ2n) is 8.07. The number of anilines is 1. The number of hydrogen-bond acceptors (Lipinski definition) is 5. The average Bonchev–Trinajstić information content (AvgIpc) is 3.10. The standard InChI is InChI=1S/C23H29N3O3/c1-25-10-12-26(13-11-25)22-4-2-3-19(24-22)9-14-29-20-7-8-21-17(15-20)5-6-18(21)16-23(27)28/h2-4,7-8,15,18H,5-6,9-14,16H2,1H3,(H,27,28)/t18-/m0/s1. The van der Waals surface area contributed by atoms with Gasteiger partial charge >= 0.3 is 5.97 Å². The number of piperazine rings is 1. The van der Waals surface area contributed by atoms with Crippen LogP contribution in [0.4, 0.5) is 5.82 Å². The maximum Gasteiger partial charge on any atom is 0.303 e. The summed E-state index contributed by atoms with van der Waals surface area (Å²) in [7, 11) is 2.16. The molecule has 0 bridgehead atoms. The van der Waals surface area contributed by atoms with Crippen molar-refractivity contribution >= 4 is 11.8 Å². The van der Waals surface area contributed by atoms with Crippen LogP contribution in [0, 0.1) is 0 Å². The number of aliphatic carboxylic acids is 1. The summed E-state index contributed by atoms with van der Waals surface area (Å²) >= 11 is 0. The van der Waals surface area contributed by atoms with Crippen molar-refractivity contribution in [3.63, 3.8) is 0 Å². The molecule has 1 aromatic carbocycles. The number of hydrogen-bond donors (Lipinski definition) is 1. The Morgan fingerprint density at radius 3 is 2.83 bits per heavy atom. The molecule has 1 N–H and O–H groups in total. The van der Waals surface area contributed by atoms with Gasteiger partial charge in [-0.15, -0.1) is 0 Å². The van der Waals surface area contributed by atoms with Gasteiger partial charge in [0.1, 0.15) is 11.6 Å². The van der Waals surface area contributed by atoms with Crippen LogP contribution in [0.15, 0.2) is 36.4 Å². The molecule has 6 nitrogen and oxygen atoms in total. The maximum absolute atomic E-state index is 11.0. The predicted octanol–water partition coefficient (Wildman–Crippen LogP) is 2.96. The highest BCUT2D eigenvalue weighted by molar-refractivity contribution is 5.68. The van der Waals surface area contributed by atoms with Gasteiger partial charge in [-0.25, -0.2) is 4.98 Å². The highest BCUT2D eigenvalue weighted by Crippen LogP contribution is 2.37. The Morgan fingerprint density at radius 1 is 1.21 bits per heavy atom. The molecule has 1 aliphatic carbocycles. The Labute approximate surface area is 172 Å². The summed E-state index contributed by atoms with van der Waals surface area (Å²) in [6.07, 6.45) is 2.82. The summed E-state index contributed by atoms with van der Waals surface area (Å²) in [5.41, 5.74) is 3.44. The van der Waals surface area contributed by atoms with Crippen LogP contribution in [-0.4, -0.2) is 60.8 Å². The minimum atomic E-state index is -0.727. The average molecular weight is 396 g/mol. The van der Waals surface area contributed by atoms with Gasteiger partial charge in [-0.3, -0.25) is 4.79 Å². The Balaban J connectivity index is 1.32. The quantitative estimate of drug-likeness (QED) is 0.778. The minimum Gasteiger partial charge on any atom is -0.493 e. The van der Waals surface area contributed by atoms with Crippen LogP contribution in [0.5, 0.6) is 5.75 Å². The summed E-state index contributed by atoms with van der Waals surface area (Å²) in [6, 6.07) is 12.3. The molecular formula is C23H29N3O3. The Hall–Kier alpha value is -2.60. The number of carboxylic acids is 1. The van der Waals surface area contributed by atoms with Crippen LogP contribution in [0.3, 0.4) is 0 Å². The van der Waals surface area contributed by atoms with Gasteiger partial charge in [0.15, 0.2) is 0 Å². The summed E-state index contributed by atoms with van der Waals surface area (Å²) < 4.78 is 5.97. The lowest BCUT2D eigenvalue weighted by atomic mass is 9.98. The van der Waals surface area contributed by atoms with Crippen molar-refractivity contribution < 1.29 is 14.6 Å². The molecule has 2 heterocycles. The number of rotatable bonds is 7. The van der Waals surface area contributed by atoms with Gasteiger partial charge in [0.05, 0.1) is 13.0 Å². The van der Waals surface area contributed by atoms with E-state index in [0.717, 1.165) is 62.7 Å². The smallest absolute Gasteiger partial charge is 0.303 e. The van der Waals surface area contributed by atoms with Crippen LogP contribution in [-0.2, 0) is 17.6 Å². The van der Waals surface area contributed by atoms with Gasteiger partial charge in [0, 0.05) is 38.3 Å². The second kappa shape index (κ2) is 8.82. The van der Waals surface area contributed by atoms with E-state index in [1.807, 2.05) is 12.1 Å². The molecule has 4 rings (SSSR count). The van der Waals surface area contributed by atoms with Crippen molar-refractivity contribution in [3.05, 3.63) is 53.2 Å². The molecule has 0 saturated carbocycles. The summed E-state index contributed by atoms with van der Waals surface area (Å²) in [4.78, 5) is 20.5. The topological polar surface area (TPSA) is 65.9 Å². The number of fused-ring (bicyclic) bond motifs is 1. The number of aryl methyl sites for hydroxylation is 1. The summed E-state index contributed by atoms with van der Waals surface area (Å²) in [5, 5.41) is 9.06. The number of carboxylic acid groups (broad SMARTS) is 1. The first-order valence-corrected chi connectivity index (χ1v) is 10.5. The summed E-state index contributed by atoms with van der Waals surface area (Å²) in [5.74, 6) is 1.32. The molecule has 2 aliphatic rings. The maximum atomic E-state index is 11.0. The Morgan fingerprint density at radius 2 is 2.03 bits per heavy atom. The molecule has 1 aliphatic heterocycles. The summed E-state index contributed by atoms with van der Waals surface area (Å²) in [6.45, 7) is 4.75. The van der Waals surface area contributed by atoms with E-state index in [-0.39, 0.29) is 12.3 Å². The van der Waals surface area contributed by atoms with Crippen molar-refractivity contribution in [1.29, 1.82) is 0 Å². The fraction of sp³-hybridized carbons (Fsp3) is 0.478. The third-order valence-electron chi connectivity index (χ3n) is 5.98. The lowest BCUT2D eigenvalue weighted by Gasteiger charge is -2.33. The molecule has 2 aromatic rings. The number of benzene rings is 1. The third-order valence-corrected chi connectivity index (χ3v) is 5.98. The third kappa shape index (κ3) is 4.88. The molecular weight excluding hydrogens is 366 g/mol. The van der Waals surface area contributed by atoms with Gasteiger partial charge in [0.25, 0.3) is 0 Å². The van der Waals surface area contributed by atoms with Crippen LogP contribution < -0.4 is 9.64 Å². The predicted molar refractivity (Wildman–Crippen MR) is 113 cm³/mol. The largest absolute Gasteiger partial charge is 0.493 e. The van der Waals surface area contributed by atoms with Crippen molar-refractivity contribution in [2.45, 2.75) is 31.6 Å². The lowest BCUT2D eigenvalue weighted by Crippen LogP contribution is -2.44. The number of aromatic nitrogens is 1. The van der Waals surface area contributed by atoms with Crippen LogP contribution in [0.1, 0.15) is 35.6 Å². The van der Waals surface area contributed by atoms with Gasteiger partial charge in [-0.1, -0.05) is 12.1 Å². The van der Waals surface area contributed by atoms with E-state index < -0.39 is 5.97 Å². The van der Waals surface area contributed by atoms with Crippen LogP contribution in [0.25, 0.3) is 0 Å². The van der Waals surface area contributed by atoms with Crippen LogP contribution >= 0.6 is 0 Å². The van der Waals surface area contributed by atoms with Crippen molar-refractivity contribution in [2.24, 2.45) is 0 Å². The fourth-order valence-electron chi connectivity index (χ4n) is 4.29. The molecule has 1 aromatic heterocycles. The highest BCUT2D eigenvalue weighted by atomic mass is 16.5. The lowest BCUT2D eigenvalue weighted by molar-refractivity contribution is -0.137. The van der Waals surface area contributed by atoms with Gasteiger partial charge in [-0.2, -0.15) is 0 Å². The number of pyridine rings is 1. The van der Waals surface area contributed by atoms with E-state index in [0.29, 0.717) is 6.61 Å². The van der Waals surface area contributed by atoms with Gasteiger partial charge in [-0.05, 0) is 61.2 Å². The Kier molecular flexibility index (Phi) is 6.00. The number of likely N-dealkylation sites (N-methyl/N-ethyl adjacent to an activating group) is 1. The molecule has 29 heavy (non-hydrogen) atoms. The van der Waals surface area contributed by atoms with E-state index in [2.05, 4.69) is 41.1 Å². The molecule has 0 spiro atoms.